The van der Waals surface area contributed by atoms with E-state index in [0.717, 1.165) is 65.0 Å². The van der Waals surface area contributed by atoms with Gasteiger partial charge in [-0.3, -0.25) is 9.59 Å². The molecule has 3 saturated carbocycles. The standard InChI is InChI=1S/C32H51FN6O3/c1-36-11-13-37(14-12-36)9-4-8-35-28-25(33)17-23-29-31(28)42-27-16-21-6-3-2-5-20(21)15-26(27)39(29)19-24(30(23)40)32(41)38-10-7-22(34)18-38/h19-23,25-29,31,35H,2-18,34H2,1H3/t20?,21?,22-,23?,25?,26?,27?,28?,29?,31?/m1/s1. The molecule has 6 fully saturated rings. The van der Waals surface area contributed by atoms with Crippen LogP contribution in [0.3, 0.4) is 0 Å². The highest BCUT2D eigenvalue weighted by atomic mass is 19.1. The van der Waals surface area contributed by atoms with E-state index in [-0.39, 0.29) is 47.9 Å². The van der Waals surface area contributed by atoms with E-state index in [1.54, 1.807) is 4.90 Å². The van der Waals surface area contributed by atoms with Crippen LogP contribution < -0.4 is 11.1 Å². The Morgan fingerprint density at radius 2 is 1.83 bits per heavy atom. The van der Waals surface area contributed by atoms with E-state index in [2.05, 4.69) is 27.1 Å². The number of likely N-dealkylation sites (N-methyl/N-ethyl adjacent to an activating group) is 1. The molecule has 0 aromatic heterocycles. The lowest BCUT2D eigenvalue weighted by Crippen LogP contribution is -2.73. The number of morpholine rings is 1. The number of carbonyl (C=O) groups is 2. The number of ether oxygens (including phenoxy) is 1. The molecule has 9 unspecified atom stereocenters. The molecule has 42 heavy (non-hydrogen) atoms. The molecule has 7 rings (SSSR count). The molecule has 7 aliphatic rings. The number of carbonyl (C=O) groups excluding carboxylic acids is 2. The number of piperazine rings is 1. The van der Waals surface area contributed by atoms with Crippen molar-refractivity contribution in [3.8, 4) is 0 Å². The summed E-state index contributed by atoms with van der Waals surface area (Å²) in [5.41, 5.74) is 6.35. The molecule has 0 radical (unpaired) electrons. The Balaban J connectivity index is 1.12. The van der Waals surface area contributed by atoms with E-state index in [1.807, 2.05) is 6.20 Å². The zero-order chi connectivity index (χ0) is 29.0. The van der Waals surface area contributed by atoms with Crippen molar-refractivity contribution in [1.82, 2.24) is 24.9 Å². The third kappa shape index (κ3) is 5.44. The van der Waals surface area contributed by atoms with Gasteiger partial charge in [0.1, 0.15) is 6.17 Å². The van der Waals surface area contributed by atoms with Gasteiger partial charge in [0.05, 0.1) is 35.9 Å². The summed E-state index contributed by atoms with van der Waals surface area (Å²) < 4.78 is 23.0. The maximum atomic E-state index is 16.1. The van der Waals surface area contributed by atoms with Gasteiger partial charge in [-0.05, 0) is 64.1 Å². The second kappa shape index (κ2) is 12.1. The number of rotatable bonds is 6. The molecule has 10 heteroatoms. The van der Waals surface area contributed by atoms with Gasteiger partial charge in [-0.2, -0.15) is 0 Å². The van der Waals surface area contributed by atoms with Gasteiger partial charge in [-0.25, -0.2) is 4.39 Å². The van der Waals surface area contributed by atoms with E-state index in [4.69, 9.17) is 10.5 Å². The number of alkyl halides is 1. The average Bonchev–Trinajstić information content (AvgIpc) is 3.43. The van der Waals surface area contributed by atoms with Crippen molar-refractivity contribution in [2.45, 2.75) is 100 Å². The zero-order valence-corrected chi connectivity index (χ0v) is 25.3. The monoisotopic (exact) mass is 586 g/mol. The van der Waals surface area contributed by atoms with Crippen molar-refractivity contribution < 1.29 is 18.7 Å². The molecule has 0 spiro atoms. The number of ketones is 1. The van der Waals surface area contributed by atoms with Crippen LogP contribution in [0.1, 0.15) is 57.8 Å². The molecule has 3 aliphatic carbocycles. The molecule has 3 N–H and O–H groups in total. The number of nitrogens with zero attached hydrogens (tertiary/aromatic N) is 4. The Hall–Kier alpha value is -1.59. The Kier molecular flexibility index (Phi) is 8.37. The van der Waals surface area contributed by atoms with Gasteiger partial charge < -0.3 is 35.4 Å². The number of amides is 1. The van der Waals surface area contributed by atoms with Gasteiger partial charge in [-0.1, -0.05) is 25.7 Å². The summed E-state index contributed by atoms with van der Waals surface area (Å²) >= 11 is 0. The van der Waals surface area contributed by atoms with Gasteiger partial charge in [0, 0.05) is 57.4 Å². The summed E-state index contributed by atoms with van der Waals surface area (Å²) in [4.78, 5) is 36.5. The van der Waals surface area contributed by atoms with Crippen LogP contribution in [0.2, 0.25) is 0 Å². The second-order valence-electron chi connectivity index (χ2n) is 14.5. The smallest absolute Gasteiger partial charge is 0.259 e. The number of likely N-dealkylation sites (tertiary alicyclic amines) is 1. The van der Waals surface area contributed by atoms with E-state index >= 15 is 4.39 Å². The Morgan fingerprint density at radius 1 is 1.07 bits per heavy atom. The highest BCUT2D eigenvalue weighted by Crippen LogP contribution is 2.50. The summed E-state index contributed by atoms with van der Waals surface area (Å²) in [6.07, 6.45) is 9.26. The average molecular weight is 587 g/mol. The summed E-state index contributed by atoms with van der Waals surface area (Å²) in [6, 6.07) is -0.578. The molecule has 4 heterocycles. The molecule has 234 valence electrons. The number of hydrogen-bond acceptors (Lipinski definition) is 8. The topological polar surface area (TPSA) is 94.4 Å². The van der Waals surface area contributed by atoms with Crippen LogP contribution in [0, 0.1) is 17.8 Å². The summed E-state index contributed by atoms with van der Waals surface area (Å²) in [6.45, 7) is 7.15. The number of halogens is 1. The highest BCUT2D eigenvalue weighted by molar-refractivity contribution is 6.20. The first-order valence-corrected chi connectivity index (χ1v) is 16.9. The van der Waals surface area contributed by atoms with E-state index < -0.39 is 24.2 Å². The molecular formula is C32H51FN6O3. The van der Waals surface area contributed by atoms with Crippen LogP contribution in [-0.2, 0) is 14.3 Å². The molecule has 1 amide bonds. The molecular weight excluding hydrogens is 535 g/mol. The quantitative estimate of drug-likeness (QED) is 0.356. The first-order valence-electron chi connectivity index (χ1n) is 16.9. The van der Waals surface area contributed by atoms with Crippen molar-refractivity contribution in [3.05, 3.63) is 11.8 Å². The van der Waals surface area contributed by atoms with Crippen molar-refractivity contribution >= 4 is 11.7 Å². The highest BCUT2D eigenvalue weighted by Gasteiger charge is 2.59. The Labute approximate surface area is 250 Å². The fourth-order valence-electron chi connectivity index (χ4n) is 9.47. The number of nitrogens with two attached hydrogens (primary N) is 1. The third-order valence-electron chi connectivity index (χ3n) is 11.9. The van der Waals surface area contributed by atoms with Gasteiger partial charge in [0.2, 0.25) is 0 Å². The maximum Gasteiger partial charge on any atom is 0.259 e. The minimum absolute atomic E-state index is 0.00667. The van der Waals surface area contributed by atoms with Crippen LogP contribution >= 0.6 is 0 Å². The zero-order valence-electron chi connectivity index (χ0n) is 25.3. The minimum atomic E-state index is -1.19. The van der Waals surface area contributed by atoms with Crippen molar-refractivity contribution in [3.63, 3.8) is 0 Å². The van der Waals surface area contributed by atoms with Crippen LogP contribution in [-0.4, -0.2) is 133 Å². The number of hydrogen-bond donors (Lipinski definition) is 2. The predicted octanol–water partition coefficient (Wildman–Crippen LogP) is 1.37. The van der Waals surface area contributed by atoms with Crippen LogP contribution in [0.5, 0.6) is 0 Å². The Bertz CT molecular complexity index is 1050. The maximum absolute atomic E-state index is 16.1. The molecule has 3 saturated heterocycles. The normalized spacial score (nSPS) is 42.5. The molecule has 0 aromatic rings. The van der Waals surface area contributed by atoms with Crippen LogP contribution in [0.15, 0.2) is 11.8 Å². The first kappa shape index (κ1) is 29.1. The number of nitrogens with one attached hydrogen (secondary N) is 1. The van der Waals surface area contributed by atoms with Crippen LogP contribution in [0.4, 0.5) is 4.39 Å². The van der Waals surface area contributed by atoms with Gasteiger partial charge in [0.25, 0.3) is 5.91 Å². The lowest BCUT2D eigenvalue weighted by molar-refractivity contribution is -0.208. The lowest BCUT2D eigenvalue weighted by Gasteiger charge is -2.61. The minimum Gasteiger partial charge on any atom is -0.369 e. The van der Waals surface area contributed by atoms with Gasteiger partial charge in [-0.15, -0.1) is 0 Å². The lowest BCUT2D eigenvalue weighted by atomic mass is 9.65. The molecule has 9 nitrogen and oxygen atoms in total. The fourth-order valence-corrected chi connectivity index (χ4v) is 9.47. The fraction of sp³-hybridized carbons (Fsp3) is 0.875. The summed E-state index contributed by atoms with van der Waals surface area (Å²) in [5.74, 6) is 0.350. The van der Waals surface area contributed by atoms with E-state index in [9.17, 15) is 9.59 Å². The number of fused-ring (bicyclic) bond motifs is 3. The largest absolute Gasteiger partial charge is 0.369 e. The van der Waals surface area contributed by atoms with Crippen molar-refractivity contribution in [2.75, 3.05) is 59.4 Å². The molecule has 0 aromatic carbocycles. The molecule has 4 aliphatic heterocycles. The molecule has 0 bridgehead atoms. The van der Waals surface area contributed by atoms with Gasteiger partial charge >= 0.3 is 0 Å². The SMILES string of the molecule is CN1CCN(CCCNC2C(F)CC3C(=O)C(C(=O)N4CC[C@@H](N)C4)=CN4C5CC6CCCCC6CC5OC2C34)CC1. The van der Waals surface area contributed by atoms with Crippen LogP contribution in [0.25, 0.3) is 0 Å². The summed E-state index contributed by atoms with van der Waals surface area (Å²) in [7, 11) is 2.17. The van der Waals surface area contributed by atoms with Crippen molar-refractivity contribution in [2.24, 2.45) is 23.5 Å². The molecule has 10 atom stereocenters. The Morgan fingerprint density at radius 3 is 2.57 bits per heavy atom. The second-order valence-corrected chi connectivity index (χ2v) is 14.5. The number of Topliss-reactive ketones (excluding diaryl/α,β-unsaturated/α-hetero) is 1. The third-order valence-corrected chi connectivity index (χ3v) is 11.9. The van der Waals surface area contributed by atoms with E-state index in [1.165, 1.54) is 25.7 Å². The first-order chi connectivity index (χ1) is 20.4. The van der Waals surface area contributed by atoms with Gasteiger partial charge in [0.15, 0.2) is 5.78 Å². The van der Waals surface area contributed by atoms with E-state index in [0.29, 0.717) is 24.9 Å². The summed E-state index contributed by atoms with van der Waals surface area (Å²) in [5, 5.41) is 3.57. The van der Waals surface area contributed by atoms with Crippen molar-refractivity contribution in [1.29, 1.82) is 0 Å². The predicted molar refractivity (Wildman–Crippen MR) is 158 cm³/mol.